The van der Waals surface area contributed by atoms with Crippen LogP contribution in [0.3, 0.4) is 0 Å². The molecule has 14 aromatic rings. The van der Waals surface area contributed by atoms with Crippen molar-refractivity contribution in [1.29, 1.82) is 15.8 Å². The van der Waals surface area contributed by atoms with Crippen LogP contribution < -0.4 is 0 Å². The molecule has 75 heavy (non-hydrogen) atoms. The van der Waals surface area contributed by atoms with Gasteiger partial charge >= 0.3 is 0 Å². The van der Waals surface area contributed by atoms with E-state index < -0.39 is 0 Å². The molecule has 0 aliphatic rings. The van der Waals surface area contributed by atoms with E-state index in [1.807, 2.05) is 121 Å². The Morgan fingerprint density at radius 3 is 1.25 bits per heavy atom. The summed E-state index contributed by atoms with van der Waals surface area (Å²) >= 11 is 0. The van der Waals surface area contributed by atoms with Gasteiger partial charge in [0.25, 0.3) is 0 Å². The molecule has 0 N–H and O–H groups in total. The fourth-order valence-electron chi connectivity index (χ4n) is 11.1. The highest BCUT2D eigenvalue weighted by Crippen LogP contribution is 2.41. The molecule has 0 atom stereocenters. The summed E-state index contributed by atoms with van der Waals surface area (Å²) in [5.74, 6) is 0.617. The molecule has 346 valence electrons. The van der Waals surface area contributed by atoms with Crippen molar-refractivity contribution in [3.05, 3.63) is 247 Å². The van der Waals surface area contributed by atoms with Crippen LogP contribution in [0.25, 0.3) is 128 Å². The number of hydrogen-bond acceptors (Lipinski definition) is 5. The van der Waals surface area contributed by atoms with Gasteiger partial charge in [-0.2, -0.15) is 15.8 Å². The summed E-state index contributed by atoms with van der Waals surface area (Å²) in [5, 5.41) is 36.9. The number of nitriles is 3. The molecule has 0 radical (unpaired) electrons. The fraction of sp³-hybridized carbons (Fsp3) is 0. The second-order valence-corrected chi connectivity index (χ2v) is 18.7. The molecule has 0 fully saturated rings. The zero-order valence-electron chi connectivity index (χ0n) is 40.0. The molecule has 0 aliphatic heterocycles. The number of benzene rings is 10. The summed E-state index contributed by atoms with van der Waals surface area (Å²) in [6, 6.07) is 85.6. The largest absolute Gasteiger partial charge is 0.309 e. The Morgan fingerprint density at radius 1 is 0.293 bits per heavy atom. The molecule has 0 amide bonds. The predicted molar refractivity (Wildman–Crippen MR) is 301 cm³/mol. The molecule has 0 unspecified atom stereocenters. The highest BCUT2D eigenvalue weighted by atomic mass is 15.0. The van der Waals surface area contributed by atoms with Crippen molar-refractivity contribution in [3.8, 4) is 80.3 Å². The van der Waals surface area contributed by atoms with Gasteiger partial charge in [-0.05, 0) is 120 Å². The maximum absolute atomic E-state index is 10.7. The topological polar surface area (TPSA) is 112 Å². The lowest BCUT2D eigenvalue weighted by molar-refractivity contribution is 1.16. The third kappa shape index (κ3) is 6.96. The van der Waals surface area contributed by atoms with E-state index >= 15 is 0 Å². The number of hydrogen-bond donors (Lipinski definition) is 0. The van der Waals surface area contributed by atoms with Gasteiger partial charge in [0.15, 0.2) is 5.82 Å². The first-order valence-corrected chi connectivity index (χ1v) is 24.6. The molecule has 8 heteroatoms. The minimum atomic E-state index is 0.543. The quantitative estimate of drug-likeness (QED) is 0.158. The van der Waals surface area contributed by atoms with Crippen LogP contribution in [0, 0.1) is 34.0 Å². The summed E-state index contributed by atoms with van der Waals surface area (Å²) in [4.78, 5) is 9.99. The molecule has 8 nitrogen and oxygen atoms in total. The Labute approximate surface area is 430 Å². The number of rotatable bonds is 7. The number of nitrogens with zero attached hydrogens (tertiary/aromatic N) is 8. The number of aromatic nitrogens is 5. The third-order valence-electron chi connectivity index (χ3n) is 14.6. The number of fused-ring (bicyclic) bond motifs is 9. The summed E-state index contributed by atoms with van der Waals surface area (Å²) in [6.07, 6.45) is 0. The molecule has 4 aromatic heterocycles. The van der Waals surface area contributed by atoms with Gasteiger partial charge < -0.3 is 13.7 Å². The average Bonchev–Trinajstić information content (AvgIpc) is 4.13. The van der Waals surface area contributed by atoms with Gasteiger partial charge in [-0.3, -0.25) is 0 Å². The average molecular weight is 955 g/mol. The van der Waals surface area contributed by atoms with Crippen molar-refractivity contribution in [2.24, 2.45) is 0 Å². The molecule has 0 spiro atoms. The van der Waals surface area contributed by atoms with Crippen LogP contribution in [0.1, 0.15) is 16.7 Å². The van der Waals surface area contributed by atoms with Gasteiger partial charge in [-0.1, -0.05) is 121 Å². The first kappa shape index (κ1) is 43.0. The van der Waals surface area contributed by atoms with Gasteiger partial charge in [0, 0.05) is 66.1 Å². The monoisotopic (exact) mass is 954 g/mol. The molecule has 4 heterocycles. The van der Waals surface area contributed by atoms with Crippen LogP contribution in [-0.2, 0) is 0 Å². The second-order valence-electron chi connectivity index (χ2n) is 18.7. The van der Waals surface area contributed by atoms with Crippen LogP contribution in [0.5, 0.6) is 0 Å². The van der Waals surface area contributed by atoms with E-state index in [0.29, 0.717) is 22.5 Å². The normalized spacial score (nSPS) is 11.4. The smallest absolute Gasteiger partial charge is 0.160 e. The summed E-state index contributed by atoms with van der Waals surface area (Å²) in [5.41, 5.74) is 16.9. The van der Waals surface area contributed by atoms with E-state index in [-0.39, 0.29) is 0 Å². The van der Waals surface area contributed by atoms with E-state index in [1.54, 1.807) is 0 Å². The minimum absolute atomic E-state index is 0.543. The zero-order valence-corrected chi connectivity index (χ0v) is 40.0. The van der Waals surface area contributed by atoms with E-state index in [9.17, 15) is 15.8 Å². The Balaban J connectivity index is 0.919. The lowest BCUT2D eigenvalue weighted by atomic mass is 9.96. The van der Waals surface area contributed by atoms with Crippen LogP contribution in [0.15, 0.2) is 231 Å². The molecule has 10 aromatic carbocycles. The first-order chi connectivity index (χ1) is 37.0. The molecular formula is C67H38N8. The Hall–Kier alpha value is -10.9. The van der Waals surface area contributed by atoms with E-state index in [0.717, 1.165) is 111 Å². The highest BCUT2D eigenvalue weighted by molar-refractivity contribution is 6.14. The lowest BCUT2D eigenvalue weighted by Gasteiger charge is -2.13. The predicted octanol–water partition coefficient (Wildman–Crippen LogP) is 16.1. The van der Waals surface area contributed by atoms with E-state index in [4.69, 9.17) is 9.97 Å². The maximum atomic E-state index is 10.7. The van der Waals surface area contributed by atoms with E-state index in [2.05, 4.69) is 141 Å². The molecule has 0 bridgehead atoms. The number of para-hydroxylation sites is 2. The second kappa shape index (κ2) is 17.2. The Bertz CT molecular complexity index is 4610. The SMILES string of the molecule is N#Cc1ccc2c(c1)c1cc(C#N)ccc1n2-c1ccc2c(c1)c1cc(-n3c4ccccc4c4ccccc43)ccc1n2-c1ccc(-c2ccc(-c3cc(-c4ccccc4)nc(-c4ccccc4)n3)cc2C#N)cc1. The van der Waals surface area contributed by atoms with Crippen molar-refractivity contribution in [3.63, 3.8) is 0 Å². The lowest BCUT2D eigenvalue weighted by Crippen LogP contribution is -1.97. The van der Waals surface area contributed by atoms with Crippen molar-refractivity contribution < 1.29 is 0 Å². The fourth-order valence-corrected chi connectivity index (χ4v) is 11.1. The first-order valence-electron chi connectivity index (χ1n) is 24.6. The third-order valence-corrected chi connectivity index (χ3v) is 14.6. The van der Waals surface area contributed by atoms with Crippen molar-refractivity contribution in [2.45, 2.75) is 0 Å². The van der Waals surface area contributed by atoms with Gasteiger partial charge in [0.05, 0.1) is 79.4 Å². The Kier molecular flexibility index (Phi) is 9.85. The summed E-state index contributed by atoms with van der Waals surface area (Å²) in [6.45, 7) is 0. The molecule has 14 rings (SSSR count). The van der Waals surface area contributed by atoms with Gasteiger partial charge in [-0.25, -0.2) is 9.97 Å². The molecule has 0 saturated heterocycles. The van der Waals surface area contributed by atoms with Crippen LogP contribution in [0.4, 0.5) is 0 Å². The summed E-state index contributed by atoms with van der Waals surface area (Å²) in [7, 11) is 0. The highest BCUT2D eigenvalue weighted by Gasteiger charge is 2.21. The van der Waals surface area contributed by atoms with Crippen molar-refractivity contribution >= 4 is 65.4 Å². The molecule has 0 saturated carbocycles. The van der Waals surface area contributed by atoms with Crippen LogP contribution >= 0.6 is 0 Å². The molecule has 0 aliphatic carbocycles. The standard InChI is InChI=1S/C67H38N8/c68-39-42-19-29-63-55(33-42)56-34-43(40-69)20-30-64(56)75(63)51-27-32-66-58(37-51)57-36-50(74-61-17-9-7-15-53(61)54-16-8-10-18-62(54)74)26-31-65(57)73(66)49-24-21-44(22-25-49)52-28-23-47(35-48(52)41-70)60-38-59(45-11-3-1-4-12-45)71-67(72-60)46-13-5-2-6-14-46/h1-38H. The zero-order chi connectivity index (χ0) is 50.1. The Morgan fingerprint density at radius 2 is 0.720 bits per heavy atom. The van der Waals surface area contributed by atoms with Crippen molar-refractivity contribution in [2.75, 3.05) is 0 Å². The van der Waals surface area contributed by atoms with Crippen LogP contribution in [-0.4, -0.2) is 23.7 Å². The van der Waals surface area contributed by atoms with Gasteiger partial charge in [-0.15, -0.1) is 0 Å². The summed E-state index contributed by atoms with van der Waals surface area (Å²) < 4.78 is 6.90. The van der Waals surface area contributed by atoms with E-state index in [1.165, 1.54) is 10.8 Å². The van der Waals surface area contributed by atoms with Crippen molar-refractivity contribution in [1.82, 2.24) is 23.7 Å². The maximum Gasteiger partial charge on any atom is 0.160 e. The minimum Gasteiger partial charge on any atom is -0.309 e. The van der Waals surface area contributed by atoms with Crippen LogP contribution in [0.2, 0.25) is 0 Å². The van der Waals surface area contributed by atoms with Gasteiger partial charge in [0.1, 0.15) is 0 Å². The van der Waals surface area contributed by atoms with Gasteiger partial charge in [0.2, 0.25) is 0 Å². The molecular weight excluding hydrogens is 917 g/mol.